The molecule has 3 rings (SSSR count). The molecule has 1 aromatic heterocycles. The van der Waals surface area contributed by atoms with Crippen LogP contribution in [-0.2, 0) is 9.53 Å². The molecule has 2 aliphatic carbocycles. The molecule has 30 heavy (non-hydrogen) atoms. The molecule has 0 bridgehead atoms. The molecule has 2 saturated carbocycles. The molecule has 1 aromatic rings. The Morgan fingerprint density at radius 2 is 1.63 bits per heavy atom. The van der Waals surface area contributed by atoms with Gasteiger partial charge in [-0.1, -0.05) is 69.4 Å². The van der Waals surface area contributed by atoms with Gasteiger partial charge < -0.3 is 10.1 Å². The van der Waals surface area contributed by atoms with E-state index in [1.807, 2.05) is 20.8 Å². The van der Waals surface area contributed by atoms with Gasteiger partial charge in [0.15, 0.2) is 0 Å². The molecule has 1 N–H and O–H groups in total. The predicted molar refractivity (Wildman–Crippen MR) is 115 cm³/mol. The number of esters is 1. The number of aromatic nitrogens is 3. The molecule has 0 aromatic carbocycles. The molecule has 0 radical (unpaired) electrons. The van der Waals surface area contributed by atoms with Crippen molar-refractivity contribution in [2.45, 2.75) is 97.1 Å². The van der Waals surface area contributed by atoms with Crippen molar-refractivity contribution < 1.29 is 14.3 Å². The van der Waals surface area contributed by atoms with Gasteiger partial charge in [0, 0.05) is 6.04 Å². The van der Waals surface area contributed by atoms with Crippen LogP contribution in [0.15, 0.2) is 6.20 Å². The average molecular weight is 419 g/mol. The van der Waals surface area contributed by atoms with Gasteiger partial charge >= 0.3 is 5.97 Å². The molecule has 0 aliphatic heterocycles. The van der Waals surface area contributed by atoms with Crippen molar-refractivity contribution in [2.24, 2.45) is 17.8 Å². The summed E-state index contributed by atoms with van der Waals surface area (Å²) in [5, 5.41) is 11.0. The highest BCUT2D eigenvalue weighted by molar-refractivity contribution is 5.95. The Morgan fingerprint density at radius 1 is 1.07 bits per heavy atom. The van der Waals surface area contributed by atoms with Crippen molar-refractivity contribution in [1.82, 2.24) is 20.3 Å². The van der Waals surface area contributed by atoms with E-state index >= 15 is 0 Å². The lowest BCUT2D eigenvalue weighted by Gasteiger charge is -2.41. The summed E-state index contributed by atoms with van der Waals surface area (Å²) in [6.45, 7) is 6.06. The van der Waals surface area contributed by atoms with Crippen molar-refractivity contribution in [3.63, 3.8) is 0 Å². The highest BCUT2D eigenvalue weighted by Crippen LogP contribution is 2.42. The number of nitrogens with one attached hydrogen (secondary N) is 1. The molecule has 0 unspecified atom stereocenters. The van der Waals surface area contributed by atoms with Crippen LogP contribution in [0.1, 0.15) is 102 Å². The number of hydrogen-bond donors (Lipinski definition) is 1. The van der Waals surface area contributed by atoms with E-state index in [1.54, 1.807) is 4.68 Å². The zero-order valence-corrected chi connectivity index (χ0v) is 18.8. The van der Waals surface area contributed by atoms with E-state index in [4.69, 9.17) is 4.74 Å². The van der Waals surface area contributed by atoms with Crippen LogP contribution in [0.3, 0.4) is 0 Å². The summed E-state index contributed by atoms with van der Waals surface area (Å²) in [6.07, 6.45) is 13.4. The first kappa shape index (κ1) is 22.8. The second-order valence-corrected chi connectivity index (χ2v) is 9.23. The van der Waals surface area contributed by atoms with Crippen molar-refractivity contribution in [3.8, 4) is 0 Å². The minimum absolute atomic E-state index is 0.0155. The number of nitrogens with zero attached hydrogens (tertiary/aromatic N) is 3. The third kappa shape index (κ3) is 5.41. The predicted octanol–water partition coefficient (Wildman–Crippen LogP) is 4.30. The first-order valence-electron chi connectivity index (χ1n) is 11.9. The number of carbonyl (C=O) groups excluding carboxylic acids is 2. The highest BCUT2D eigenvalue weighted by Gasteiger charge is 2.42. The van der Waals surface area contributed by atoms with E-state index in [-0.39, 0.29) is 23.8 Å². The third-order valence-corrected chi connectivity index (χ3v) is 6.90. The van der Waals surface area contributed by atoms with E-state index < -0.39 is 6.04 Å². The molecule has 168 valence electrons. The Hall–Kier alpha value is -1.92. The Kier molecular flexibility index (Phi) is 8.28. The van der Waals surface area contributed by atoms with E-state index in [2.05, 4.69) is 15.6 Å². The first-order chi connectivity index (χ1) is 14.5. The lowest BCUT2D eigenvalue weighted by Crippen LogP contribution is -2.52. The van der Waals surface area contributed by atoms with Gasteiger partial charge in [-0.15, -0.1) is 5.10 Å². The summed E-state index contributed by atoms with van der Waals surface area (Å²) in [5.74, 6) is 0.477. The molecule has 7 nitrogen and oxygen atoms in total. The third-order valence-electron chi connectivity index (χ3n) is 6.90. The molecule has 2 fully saturated rings. The van der Waals surface area contributed by atoms with Gasteiger partial charge in [-0.3, -0.25) is 4.79 Å². The summed E-state index contributed by atoms with van der Waals surface area (Å²) in [6, 6.07) is -0.596. The quantitative estimate of drug-likeness (QED) is 0.636. The zero-order chi connectivity index (χ0) is 21.5. The summed E-state index contributed by atoms with van der Waals surface area (Å²) >= 11 is 0. The number of ether oxygens (including phenoxy) is 1. The fraction of sp³-hybridized carbons (Fsp3) is 0.826. The minimum Gasteiger partial charge on any atom is -0.464 e. The molecule has 7 heteroatoms. The SMILES string of the molecule is CCOC(=O)[C@@H](NC(=O)c1cnnn1C(C)C)C(C1CCCCC1)C1CCCCC1. The summed E-state index contributed by atoms with van der Waals surface area (Å²) in [5.41, 5.74) is 0.394. The van der Waals surface area contributed by atoms with Gasteiger partial charge in [0.05, 0.1) is 12.8 Å². The monoisotopic (exact) mass is 418 g/mol. The van der Waals surface area contributed by atoms with Gasteiger partial charge in [-0.05, 0) is 38.5 Å². The van der Waals surface area contributed by atoms with E-state index in [0.29, 0.717) is 24.1 Å². The Labute approximate surface area is 180 Å². The van der Waals surface area contributed by atoms with Crippen molar-refractivity contribution >= 4 is 11.9 Å². The standard InChI is InChI=1S/C23H38N4O3/c1-4-30-23(29)21(25-22(28)19-15-24-26-27(19)16(2)3)20(17-11-7-5-8-12-17)18-13-9-6-10-14-18/h15-18,20-21H,4-14H2,1-3H3,(H,25,28)/t21-/m0/s1. The molecule has 1 atom stereocenters. The molecule has 0 spiro atoms. The molecule has 1 heterocycles. The lowest BCUT2D eigenvalue weighted by atomic mass is 9.66. The average Bonchev–Trinajstić information content (AvgIpc) is 3.25. The van der Waals surface area contributed by atoms with Gasteiger partial charge in [-0.2, -0.15) is 0 Å². The van der Waals surface area contributed by atoms with E-state index in [0.717, 1.165) is 25.7 Å². The number of amides is 1. The van der Waals surface area contributed by atoms with Crippen LogP contribution in [0.2, 0.25) is 0 Å². The fourth-order valence-electron chi connectivity index (χ4n) is 5.51. The van der Waals surface area contributed by atoms with Crippen LogP contribution in [0.5, 0.6) is 0 Å². The van der Waals surface area contributed by atoms with Crippen molar-refractivity contribution in [3.05, 3.63) is 11.9 Å². The van der Waals surface area contributed by atoms with Gasteiger partial charge in [0.1, 0.15) is 11.7 Å². The van der Waals surface area contributed by atoms with Gasteiger partial charge in [-0.25, -0.2) is 9.48 Å². The minimum atomic E-state index is -0.612. The normalized spacial score (nSPS) is 19.8. The van der Waals surface area contributed by atoms with Gasteiger partial charge in [0.2, 0.25) is 0 Å². The Bertz CT molecular complexity index is 672. The molecule has 2 aliphatic rings. The maximum Gasteiger partial charge on any atom is 0.328 e. The van der Waals surface area contributed by atoms with Crippen LogP contribution >= 0.6 is 0 Å². The van der Waals surface area contributed by atoms with Crippen LogP contribution < -0.4 is 5.32 Å². The van der Waals surface area contributed by atoms with Crippen LogP contribution in [-0.4, -0.2) is 39.5 Å². The Balaban J connectivity index is 1.88. The van der Waals surface area contributed by atoms with Crippen molar-refractivity contribution in [2.75, 3.05) is 6.61 Å². The summed E-state index contributed by atoms with van der Waals surface area (Å²) in [7, 11) is 0. The number of carbonyl (C=O) groups is 2. The molecular weight excluding hydrogens is 380 g/mol. The topological polar surface area (TPSA) is 86.1 Å². The first-order valence-corrected chi connectivity index (χ1v) is 11.9. The second kappa shape index (κ2) is 10.9. The molecule has 1 amide bonds. The van der Waals surface area contributed by atoms with Gasteiger partial charge in [0.25, 0.3) is 5.91 Å². The van der Waals surface area contributed by atoms with Crippen LogP contribution in [0.4, 0.5) is 0 Å². The number of rotatable bonds is 8. The smallest absolute Gasteiger partial charge is 0.328 e. The van der Waals surface area contributed by atoms with Crippen LogP contribution in [0.25, 0.3) is 0 Å². The lowest BCUT2D eigenvalue weighted by molar-refractivity contribution is -0.148. The Morgan fingerprint density at radius 3 is 2.13 bits per heavy atom. The number of hydrogen-bond acceptors (Lipinski definition) is 5. The largest absolute Gasteiger partial charge is 0.464 e. The van der Waals surface area contributed by atoms with E-state index in [9.17, 15) is 9.59 Å². The molecule has 0 saturated heterocycles. The second-order valence-electron chi connectivity index (χ2n) is 9.23. The highest BCUT2D eigenvalue weighted by atomic mass is 16.5. The maximum atomic E-state index is 13.2. The van der Waals surface area contributed by atoms with E-state index in [1.165, 1.54) is 44.7 Å². The fourth-order valence-corrected chi connectivity index (χ4v) is 5.51. The van der Waals surface area contributed by atoms with Crippen molar-refractivity contribution in [1.29, 1.82) is 0 Å². The summed E-state index contributed by atoms with van der Waals surface area (Å²) in [4.78, 5) is 26.3. The van der Waals surface area contributed by atoms with Crippen LogP contribution in [0, 0.1) is 17.8 Å². The molecular formula is C23H38N4O3. The maximum absolute atomic E-state index is 13.2. The summed E-state index contributed by atoms with van der Waals surface area (Å²) < 4.78 is 7.08. The zero-order valence-electron chi connectivity index (χ0n) is 18.8.